The van der Waals surface area contributed by atoms with Crippen LogP contribution < -0.4 is 5.73 Å². The fourth-order valence-corrected chi connectivity index (χ4v) is 4.32. The standard InChI is InChI=1S/C20H45NO6P2/c1-3-5-7-9-10-12-15-24-18-20(19-26-29(22,23)25-16-14-21)27-28-17-13-11-8-6-4-2/h20,28H,3-19,21H2,1-2H3,(H,22,23)/t20-/m1/s1. The van der Waals surface area contributed by atoms with Crippen molar-refractivity contribution in [2.75, 3.05) is 39.1 Å². The summed E-state index contributed by atoms with van der Waals surface area (Å²) >= 11 is 0. The van der Waals surface area contributed by atoms with Gasteiger partial charge in [0, 0.05) is 22.0 Å². The van der Waals surface area contributed by atoms with Gasteiger partial charge in [0.15, 0.2) is 0 Å². The van der Waals surface area contributed by atoms with Crippen LogP contribution in [-0.2, 0) is 22.9 Å². The molecule has 0 aliphatic heterocycles. The van der Waals surface area contributed by atoms with Gasteiger partial charge in [-0.3, -0.25) is 9.05 Å². The SMILES string of the molecule is CCCCCCCCOC[C@H](COP(=O)(O)OCCN)OPCCCCCCC. The van der Waals surface area contributed by atoms with Crippen molar-refractivity contribution in [1.29, 1.82) is 0 Å². The van der Waals surface area contributed by atoms with E-state index in [-0.39, 0.29) is 25.9 Å². The zero-order chi connectivity index (χ0) is 21.6. The van der Waals surface area contributed by atoms with Crippen LogP contribution in [0.1, 0.15) is 84.5 Å². The van der Waals surface area contributed by atoms with Crippen LogP contribution in [0.4, 0.5) is 0 Å². The minimum absolute atomic E-state index is 0.0205. The Labute approximate surface area is 180 Å². The van der Waals surface area contributed by atoms with Crippen molar-refractivity contribution < 1.29 is 27.8 Å². The lowest BCUT2D eigenvalue weighted by Crippen LogP contribution is -2.23. The lowest BCUT2D eigenvalue weighted by atomic mass is 10.1. The van der Waals surface area contributed by atoms with Gasteiger partial charge in [0.2, 0.25) is 0 Å². The van der Waals surface area contributed by atoms with Crippen molar-refractivity contribution in [2.24, 2.45) is 5.73 Å². The first-order valence-electron chi connectivity index (χ1n) is 11.3. The Morgan fingerprint density at radius 2 is 1.48 bits per heavy atom. The molecule has 0 rings (SSSR count). The topological polar surface area (TPSA) is 100 Å². The first kappa shape index (κ1) is 29.4. The van der Waals surface area contributed by atoms with Gasteiger partial charge in [-0.1, -0.05) is 71.6 Å². The molecule has 0 aliphatic rings. The largest absolute Gasteiger partial charge is 0.472 e. The predicted octanol–water partition coefficient (Wildman–Crippen LogP) is 5.40. The molecule has 0 saturated carbocycles. The van der Waals surface area contributed by atoms with Gasteiger partial charge in [0.1, 0.15) is 6.10 Å². The summed E-state index contributed by atoms with van der Waals surface area (Å²) in [5, 5.41) is 0. The first-order valence-corrected chi connectivity index (χ1v) is 13.9. The molecule has 3 atom stereocenters. The fraction of sp³-hybridized carbons (Fsp3) is 1.00. The van der Waals surface area contributed by atoms with Gasteiger partial charge in [-0.05, 0) is 19.0 Å². The van der Waals surface area contributed by atoms with E-state index in [1.807, 2.05) is 0 Å². The van der Waals surface area contributed by atoms with Gasteiger partial charge >= 0.3 is 7.82 Å². The third-order valence-electron chi connectivity index (χ3n) is 4.37. The van der Waals surface area contributed by atoms with Crippen LogP contribution in [0.2, 0.25) is 0 Å². The van der Waals surface area contributed by atoms with Gasteiger partial charge in [-0.25, -0.2) is 4.57 Å². The van der Waals surface area contributed by atoms with Crippen LogP contribution in [-0.4, -0.2) is 50.1 Å². The second kappa shape index (κ2) is 21.6. The second-order valence-electron chi connectivity index (χ2n) is 7.28. The van der Waals surface area contributed by atoms with E-state index in [9.17, 15) is 9.46 Å². The Hall–Kier alpha value is 0.420. The van der Waals surface area contributed by atoms with E-state index < -0.39 is 7.82 Å². The lowest BCUT2D eigenvalue weighted by Gasteiger charge is -2.19. The highest BCUT2D eigenvalue weighted by Crippen LogP contribution is 2.43. The highest BCUT2D eigenvalue weighted by molar-refractivity contribution is 7.47. The highest BCUT2D eigenvalue weighted by atomic mass is 31.2. The van der Waals surface area contributed by atoms with Crippen LogP contribution in [0.3, 0.4) is 0 Å². The summed E-state index contributed by atoms with van der Waals surface area (Å²) in [6, 6.07) is 0. The van der Waals surface area contributed by atoms with E-state index in [1.165, 1.54) is 57.8 Å². The molecular weight excluding hydrogens is 412 g/mol. The Morgan fingerprint density at radius 1 is 0.862 bits per heavy atom. The Morgan fingerprint density at radius 3 is 2.14 bits per heavy atom. The fourth-order valence-electron chi connectivity index (χ4n) is 2.68. The normalized spacial score (nSPS) is 15.2. The number of phosphoric ester groups is 1. The molecule has 0 radical (unpaired) electrons. The molecule has 0 spiro atoms. The van der Waals surface area contributed by atoms with E-state index in [4.69, 9.17) is 24.0 Å². The van der Waals surface area contributed by atoms with E-state index in [0.29, 0.717) is 22.0 Å². The Bertz CT molecular complexity index is 390. The summed E-state index contributed by atoms with van der Waals surface area (Å²) in [6.45, 7) is 5.56. The molecule has 0 saturated heterocycles. The van der Waals surface area contributed by atoms with Crippen molar-refractivity contribution in [2.45, 2.75) is 90.6 Å². The Balaban J connectivity index is 4.08. The number of unbranched alkanes of at least 4 members (excludes halogenated alkanes) is 9. The number of nitrogens with two attached hydrogens (primary N) is 1. The van der Waals surface area contributed by atoms with Crippen molar-refractivity contribution >= 4 is 16.6 Å². The average molecular weight is 458 g/mol. The molecule has 0 bridgehead atoms. The molecule has 0 aromatic carbocycles. The zero-order valence-electron chi connectivity index (χ0n) is 18.6. The van der Waals surface area contributed by atoms with E-state index >= 15 is 0 Å². The average Bonchev–Trinajstić information content (AvgIpc) is 2.71. The van der Waals surface area contributed by atoms with Gasteiger partial charge < -0.3 is 19.9 Å². The minimum atomic E-state index is -4.09. The summed E-state index contributed by atoms with van der Waals surface area (Å²) in [5.41, 5.74) is 5.29. The monoisotopic (exact) mass is 457 g/mol. The maximum absolute atomic E-state index is 11.8. The van der Waals surface area contributed by atoms with Gasteiger partial charge in [0.05, 0.1) is 19.8 Å². The smallest absolute Gasteiger partial charge is 0.379 e. The molecule has 0 fully saturated rings. The van der Waals surface area contributed by atoms with E-state index in [1.54, 1.807) is 0 Å². The summed E-state index contributed by atoms with van der Waals surface area (Å²) in [5.74, 6) is 0. The van der Waals surface area contributed by atoms with Crippen molar-refractivity contribution in [3.05, 3.63) is 0 Å². The quantitative estimate of drug-likeness (QED) is 0.156. The molecule has 0 aliphatic carbocycles. The maximum atomic E-state index is 11.8. The molecular formula is C20H45NO6P2. The summed E-state index contributed by atoms with van der Waals surface area (Å²) < 4.78 is 33.2. The third kappa shape index (κ3) is 21.4. The van der Waals surface area contributed by atoms with E-state index in [2.05, 4.69) is 13.8 Å². The number of hydrogen-bond donors (Lipinski definition) is 2. The van der Waals surface area contributed by atoms with Crippen molar-refractivity contribution in [3.8, 4) is 0 Å². The molecule has 176 valence electrons. The summed E-state index contributed by atoms with van der Waals surface area (Å²) in [6.07, 6.45) is 14.0. The number of rotatable bonds is 23. The number of ether oxygens (including phenoxy) is 1. The second-order valence-corrected chi connectivity index (χ2v) is 9.76. The van der Waals surface area contributed by atoms with Crippen LogP contribution in [0, 0.1) is 0 Å². The Kier molecular flexibility index (Phi) is 22.0. The van der Waals surface area contributed by atoms with Crippen LogP contribution in [0.5, 0.6) is 0 Å². The maximum Gasteiger partial charge on any atom is 0.472 e. The van der Waals surface area contributed by atoms with Gasteiger partial charge in [-0.2, -0.15) is 0 Å². The minimum Gasteiger partial charge on any atom is -0.379 e. The molecule has 0 aromatic rings. The van der Waals surface area contributed by atoms with E-state index in [0.717, 1.165) is 19.0 Å². The predicted molar refractivity (Wildman–Crippen MR) is 122 cm³/mol. The van der Waals surface area contributed by atoms with Gasteiger partial charge in [0.25, 0.3) is 0 Å². The summed E-state index contributed by atoms with van der Waals surface area (Å²) in [7, 11) is -3.75. The van der Waals surface area contributed by atoms with Crippen LogP contribution >= 0.6 is 16.6 Å². The zero-order valence-corrected chi connectivity index (χ0v) is 20.5. The molecule has 0 aromatic heterocycles. The van der Waals surface area contributed by atoms with Crippen molar-refractivity contribution in [3.63, 3.8) is 0 Å². The first-order chi connectivity index (χ1) is 14.1. The molecule has 0 heterocycles. The van der Waals surface area contributed by atoms with Crippen molar-refractivity contribution in [1.82, 2.24) is 0 Å². The number of phosphoric acid groups is 1. The summed E-state index contributed by atoms with van der Waals surface area (Å²) in [4.78, 5) is 9.66. The molecule has 2 unspecified atom stereocenters. The van der Waals surface area contributed by atoms with Crippen LogP contribution in [0.25, 0.3) is 0 Å². The molecule has 7 nitrogen and oxygen atoms in total. The van der Waals surface area contributed by atoms with Gasteiger partial charge in [-0.15, -0.1) is 0 Å². The molecule has 0 amide bonds. The molecule has 9 heteroatoms. The molecule has 29 heavy (non-hydrogen) atoms. The highest BCUT2D eigenvalue weighted by Gasteiger charge is 2.23. The third-order valence-corrected chi connectivity index (χ3v) is 6.42. The number of hydrogen-bond acceptors (Lipinski definition) is 6. The van der Waals surface area contributed by atoms with Crippen LogP contribution in [0.15, 0.2) is 0 Å². The lowest BCUT2D eigenvalue weighted by molar-refractivity contribution is 0.0220. The molecule has 3 N–H and O–H groups in total.